The first kappa shape index (κ1) is 24.9. The minimum absolute atomic E-state index is 0.0352. The maximum atomic E-state index is 12.6. The van der Waals surface area contributed by atoms with Crippen LogP contribution in [0.5, 0.6) is 0 Å². The Morgan fingerprint density at radius 3 is 1.94 bits per heavy atom. The molecule has 0 unspecified atom stereocenters. The molecule has 0 radical (unpaired) electrons. The number of carbonyl (C=O) groups is 1. The number of aryl methyl sites for hydroxylation is 1. The van der Waals surface area contributed by atoms with Crippen LogP contribution in [0.25, 0.3) is 0 Å². The summed E-state index contributed by atoms with van der Waals surface area (Å²) in [5, 5.41) is 11.4. The van der Waals surface area contributed by atoms with Gasteiger partial charge in [0, 0.05) is 18.4 Å². The highest BCUT2D eigenvalue weighted by molar-refractivity contribution is 7.92. The molecule has 9 nitrogen and oxygen atoms in total. The highest BCUT2D eigenvalue weighted by Gasteiger charge is 2.23. The lowest BCUT2D eigenvalue weighted by atomic mass is 10.2. The Hall–Kier alpha value is -3.72. The van der Waals surface area contributed by atoms with Crippen molar-refractivity contribution >= 4 is 37.3 Å². The van der Waals surface area contributed by atoms with E-state index in [1.807, 2.05) is 13.0 Å². The molecule has 0 aliphatic rings. The lowest BCUT2D eigenvalue weighted by molar-refractivity contribution is -0.116. The first-order valence-corrected chi connectivity index (χ1v) is 12.9. The van der Waals surface area contributed by atoms with E-state index in [0.717, 1.165) is 9.87 Å². The van der Waals surface area contributed by atoms with E-state index in [9.17, 15) is 21.6 Å². The van der Waals surface area contributed by atoms with Crippen molar-refractivity contribution in [3.05, 3.63) is 83.9 Å². The molecular formula is C23H22N4O5S2. The van der Waals surface area contributed by atoms with Gasteiger partial charge in [0.25, 0.3) is 10.0 Å². The number of nitrogens with zero attached hydrogens (tertiary/aromatic N) is 2. The summed E-state index contributed by atoms with van der Waals surface area (Å²) in [6.45, 7) is 1.42. The second-order valence-electron chi connectivity index (χ2n) is 7.44. The molecule has 3 aromatic rings. The third-order valence-corrected chi connectivity index (χ3v) is 8.02. The van der Waals surface area contributed by atoms with Crippen molar-refractivity contribution in [1.29, 1.82) is 5.26 Å². The van der Waals surface area contributed by atoms with Crippen LogP contribution in [-0.4, -0.2) is 40.6 Å². The molecule has 0 spiro atoms. The number of carbonyl (C=O) groups excluding carboxylic acids is 1. The topological polar surface area (TPSA) is 136 Å². The molecule has 0 aliphatic carbocycles. The van der Waals surface area contributed by atoms with Gasteiger partial charge in [-0.15, -0.1) is 0 Å². The van der Waals surface area contributed by atoms with Gasteiger partial charge in [-0.1, -0.05) is 17.7 Å². The van der Waals surface area contributed by atoms with E-state index >= 15 is 0 Å². The highest BCUT2D eigenvalue weighted by Crippen LogP contribution is 2.19. The number of likely N-dealkylation sites (N-methyl/N-ethyl adjacent to an activating group) is 1. The third kappa shape index (κ3) is 5.99. The number of nitrogens with one attached hydrogen (secondary N) is 2. The molecule has 176 valence electrons. The van der Waals surface area contributed by atoms with Crippen LogP contribution in [0.15, 0.2) is 82.6 Å². The fourth-order valence-corrected chi connectivity index (χ4v) is 5.11. The fraction of sp³-hybridized carbons (Fsp3) is 0.130. The van der Waals surface area contributed by atoms with Gasteiger partial charge in [-0.05, 0) is 67.6 Å². The number of benzene rings is 3. The minimum Gasteiger partial charge on any atom is -0.325 e. The van der Waals surface area contributed by atoms with Gasteiger partial charge in [0.1, 0.15) is 0 Å². The number of sulfonamides is 2. The summed E-state index contributed by atoms with van der Waals surface area (Å²) in [5.41, 5.74) is 1.94. The Balaban J connectivity index is 1.62. The number of hydrogen-bond donors (Lipinski definition) is 2. The molecule has 0 bridgehead atoms. The van der Waals surface area contributed by atoms with E-state index in [2.05, 4.69) is 10.0 Å². The molecule has 1 amide bonds. The van der Waals surface area contributed by atoms with Gasteiger partial charge in [0.05, 0.1) is 28.0 Å². The van der Waals surface area contributed by atoms with Crippen LogP contribution >= 0.6 is 0 Å². The third-order valence-electron chi connectivity index (χ3n) is 4.81. The maximum absolute atomic E-state index is 12.6. The van der Waals surface area contributed by atoms with Crippen molar-refractivity contribution in [2.24, 2.45) is 0 Å². The molecule has 0 atom stereocenters. The number of amides is 1. The molecule has 3 aromatic carbocycles. The molecule has 0 saturated heterocycles. The predicted molar refractivity (Wildman–Crippen MR) is 128 cm³/mol. The van der Waals surface area contributed by atoms with Gasteiger partial charge in [-0.2, -0.15) is 9.57 Å². The Bertz CT molecular complexity index is 1430. The molecule has 3 rings (SSSR count). The quantitative estimate of drug-likeness (QED) is 0.490. The Morgan fingerprint density at radius 2 is 1.38 bits per heavy atom. The molecular weight excluding hydrogens is 476 g/mol. The highest BCUT2D eigenvalue weighted by atomic mass is 32.2. The standard InChI is InChI=1S/C23H22N4O5S2/c1-17-3-11-21(12-4-17)33(29,30)26-20-9-7-19(8-10-20)25-23(28)16-27(2)34(31,32)22-13-5-18(15-24)6-14-22/h3-14,26H,16H2,1-2H3,(H,25,28). The lowest BCUT2D eigenvalue weighted by Crippen LogP contribution is -2.34. The molecule has 0 aromatic heterocycles. The zero-order chi connectivity index (χ0) is 24.9. The summed E-state index contributed by atoms with van der Waals surface area (Å²) in [6, 6.07) is 19.7. The van der Waals surface area contributed by atoms with Gasteiger partial charge in [-0.25, -0.2) is 16.8 Å². The average molecular weight is 499 g/mol. The Kier molecular flexibility index (Phi) is 7.36. The van der Waals surface area contributed by atoms with E-state index in [1.165, 1.54) is 67.7 Å². The molecule has 0 fully saturated rings. The molecule has 0 saturated carbocycles. The smallest absolute Gasteiger partial charge is 0.261 e. The Labute approximate surface area is 198 Å². The van der Waals surface area contributed by atoms with E-state index < -0.39 is 32.5 Å². The van der Waals surface area contributed by atoms with E-state index in [0.29, 0.717) is 16.9 Å². The molecule has 0 heterocycles. The number of rotatable bonds is 8. The second kappa shape index (κ2) is 10.0. The van der Waals surface area contributed by atoms with Crippen molar-refractivity contribution < 1.29 is 21.6 Å². The van der Waals surface area contributed by atoms with Crippen molar-refractivity contribution in [2.75, 3.05) is 23.6 Å². The van der Waals surface area contributed by atoms with Crippen LogP contribution in [0.3, 0.4) is 0 Å². The van der Waals surface area contributed by atoms with Gasteiger partial charge in [0.2, 0.25) is 15.9 Å². The zero-order valence-electron chi connectivity index (χ0n) is 18.4. The average Bonchev–Trinajstić information content (AvgIpc) is 2.80. The SMILES string of the molecule is Cc1ccc(S(=O)(=O)Nc2ccc(NC(=O)CN(C)S(=O)(=O)c3ccc(C#N)cc3)cc2)cc1. The summed E-state index contributed by atoms with van der Waals surface area (Å²) < 4.78 is 53.6. The van der Waals surface area contributed by atoms with E-state index in [1.54, 1.807) is 12.1 Å². The first-order chi connectivity index (χ1) is 16.0. The number of nitriles is 1. The molecule has 34 heavy (non-hydrogen) atoms. The van der Waals surface area contributed by atoms with E-state index in [-0.39, 0.29) is 9.79 Å². The largest absolute Gasteiger partial charge is 0.325 e. The molecule has 0 aliphatic heterocycles. The summed E-state index contributed by atoms with van der Waals surface area (Å²) >= 11 is 0. The van der Waals surface area contributed by atoms with Crippen molar-refractivity contribution in [2.45, 2.75) is 16.7 Å². The molecule has 2 N–H and O–H groups in total. The van der Waals surface area contributed by atoms with Gasteiger partial charge in [-0.3, -0.25) is 9.52 Å². The zero-order valence-corrected chi connectivity index (χ0v) is 20.0. The predicted octanol–water partition coefficient (Wildman–Crippen LogP) is 2.93. The van der Waals surface area contributed by atoms with E-state index in [4.69, 9.17) is 5.26 Å². The lowest BCUT2D eigenvalue weighted by Gasteiger charge is -2.17. The van der Waals surface area contributed by atoms with Crippen molar-refractivity contribution in [3.63, 3.8) is 0 Å². The van der Waals surface area contributed by atoms with Gasteiger partial charge < -0.3 is 5.32 Å². The van der Waals surface area contributed by atoms with Crippen LogP contribution in [0.4, 0.5) is 11.4 Å². The second-order valence-corrected chi connectivity index (χ2v) is 11.2. The minimum atomic E-state index is -3.92. The van der Waals surface area contributed by atoms with Crippen molar-refractivity contribution in [1.82, 2.24) is 4.31 Å². The summed E-state index contributed by atoms with van der Waals surface area (Å²) in [4.78, 5) is 12.4. The monoisotopic (exact) mass is 498 g/mol. The van der Waals surface area contributed by atoms with Crippen molar-refractivity contribution in [3.8, 4) is 6.07 Å². The normalized spacial score (nSPS) is 11.6. The summed E-state index contributed by atoms with van der Waals surface area (Å²) in [6.07, 6.45) is 0. The molecule has 11 heteroatoms. The maximum Gasteiger partial charge on any atom is 0.261 e. The van der Waals surface area contributed by atoms with Crippen LogP contribution in [-0.2, 0) is 24.8 Å². The van der Waals surface area contributed by atoms with Gasteiger partial charge >= 0.3 is 0 Å². The fourth-order valence-electron chi connectivity index (χ4n) is 2.92. The van der Waals surface area contributed by atoms with Crippen LogP contribution in [0, 0.1) is 18.3 Å². The summed E-state index contributed by atoms with van der Waals surface area (Å²) in [7, 11) is -6.40. The van der Waals surface area contributed by atoms with Crippen LogP contribution in [0.1, 0.15) is 11.1 Å². The number of hydrogen-bond acceptors (Lipinski definition) is 6. The Morgan fingerprint density at radius 1 is 0.853 bits per heavy atom. The number of anilines is 2. The van der Waals surface area contributed by atoms with Crippen LogP contribution < -0.4 is 10.0 Å². The summed E-state index contributed by atoms with van der Waals surface area (Å²) in [5.74, 6) is -0.576. The first-order valence-electron chi connectivity index (χ1n) is 9.97. The van der Waals surface area contributed by atoms with Crippen LogP contribution in [0.2, 0.25) is 0 Å². The van der Waals surface area contributed by atoms with Gasteiger partial charge in [0.15, 0.2) is 0 Å².